The van der Waals surface area contributed by atoms with Gasteiger partial charge in [-0.05, 0) is 19.1 Å². The maximum absolute atomic E-state index is 14.0. The lowest BCUT2D eigenvalue weighted by molar-refractivity contribution is -0.139. The van der Waals surface area contributed by atoms with E-state index in [-0.39, 0.29) is 22.8 Å². The molecule has 1 aliphatic heterocycles. The Morgan fingerprint density at radius 1 is 1.45 bits per heavy atom. The number of carbonyl (C=O) groups is 1. The van der Waals surface area contributed by atoms with E-state index in [0.29, 0.717) is 30.9 Å². The standard InChI is InChI=1S/C14H18ClFN2O2/c1-9-14(19)17(2)6-7-18(9)8-10-11(16)4-5-12(20-3)13(10)15/h4-5,9H,6-8H2,1-3H3/t9-/m1/s1. The summed E-state index contributed by atoms with van der Waals surface area (Å²) < 4.78 is 19.1. The molecule has 110 valence electrons. The number of benzene rings is 1. The van der Waals surface area contributed by atoms with E-state index in [2.05, 4.69) is 0 Å². The molecule has 0 radical (unpaired) electrons. The Balaban J connectivity index is 2.24. The van der Waals surface area contributed by atoms with Crippen LogP contribution in [-0.4, -0.2) is 49.0 Å². The summed E-state index contributed by atoms with van der Waals surface area (Å²) in [6.07, 6.45) is 0. The Hall–Kier alpha value is -1.33. The number of ether oxygens (including phenoxy) is 1. The van der Waals surface area contributed by atoms with Gasteiger partial charge in [0.25, 0.3) is 0 Å². The van der Waals surface area contributed by atoms with Crippen molar-refractivity contribution in [3.05, 3.63) is 28.5 Å². The second-order valence-electron chi connectivity index (χ2n) is 4.95. The van der Waals surface area contributed by atoms with Crippen molar-refractivity contribution in [3.8, 4) is 5.75 Å². The number of likely N-dealkylation sites (N-methyl/N-ethyl adjacent to an activating group) is 1. The Labute approximate surface area is 123 Å². The second kappa shape index (κ2) is 5.97. The normalized spacial score (nSPS) is 20.4. The summed E-state index contributed by atoms with van der Waals surface area (Å²) >= 11 is 6.16. The lowest BCUT2D eigenvalue weighted by Gasteiger charge is -2.37. The quantitative estimate of drug-likeness (QED) is 0.857. The highest BCUT2D eigenvalue weighted by Gasteiger charge is 2.30. The number of nitrogens with zero attached hydrogens (tertiary/aromatic N) is 2. The van der Waals surface area contributed by atoms with Gasteiger partial charge in [0.1, 0.15) is 11.6 Å². The van der Waals surface area contributed by atoms with Crippen molar-refractivity contribution in [2.45, 2.75) is 19.5 Å². The van der Waals surface area contributed by atoms with Gasteiger partial charge >= 0.3 is 0 Å². The zero-order chi connectivity index (χ0) is 14.9. The van der Waals surface area contributed by atoms with Crippen LogP contribution in [0, 0.1) is 5.82 Å². The molecule has 0 N–H and O–H groups in total. The summed E-state index contributed by atoms with van der Waals surface area (Å²) in [5, 5.41) is 0.270. The largest absolute Gasteiger partial charge is 0.495 e. The maximum Gasteiger partial charge on any atom is 0.239 e. The summed E-state index contributed by atoms with van der Waals surface area (Å²) in [6.45, 7) is 3.44. The van der Waals surface area contributed by atoms with Gasteiger partial charge in [-0.1, -0.05) is 11.6 Å². The third-order valence-electron chi connectivity index (χ3n) is 3.74. The van der Waals surface area contributed by atoms with E-state index >= 15 is 0 Å². The predicted molar refractivity (Wildman–Crippen MR) is 75.5 cm³/mol. The zero-order valence-corrected chi connectivity index (χ0v) is 12.6. The molecule has 0 bridgehead atoms. The first-order valence-corrected chi connectivity index (χ1v) is 6.83. The molecule has 1 amide bonds. The smallest absolute Gasteiger partial charge is 0.239 e. The average molecular weight is 301 g/mol. The molecule has 2 rings (SSSR count). The van der Waals surface area contributed by atoms with Crippen LogP contribution in [0.4, 0.5) is 4.39 Å². The minimum Gasteiger partial charge on any atom is -0.495 e. The van der Waals surface area contributed by atoms with E-state index < -0.39 is 0 Å². The van der Waals surface area contributed by atoms with Crippen LogP contribution in [0.3, 0.4) is 0 Å². The molecule has 1 heterocycles. The fourth-order valence-corrected chi connectivity index (χ4v) is 2.65. The molecule has 1 aliphatic rings. The Morgan fingerprint density at radius 3 is 2.80 bits per heavy atom. The predicted octanol–water partition coefficient (Wildman–Crippen LogP) is 2.15. The van der Waals surface area contributed by atoms with Crippen LogP contribution in [0.1, 0.15) is 12.5 Å². The minimum absolute atomic E-state index is 0.0377. The van der Waals surface area contributed by atoms with E-state index in [0.717, 1.165) is 0 Å². The molecule has 0 saturated carbocycles. The molecule has 20 heavy (non-hydrogen) atoms. The fourth-order valence-electron chi connectivity index (χ4n) is 2.36. The lowest BCUT2D eigenvalue weighted by Crippen LogP contribution is -2.53. The van der Waals surface area contributed by atoms with Crippen LogP contribution in [0.25, 0.3) is 0 Å². The number of hydrogen-bond donors (Lipinski definition) is 0. The monoisotopic (exact) mass is 300 g/mol. The maximum atomic E-state index is 14.0. The first-order chi connectivity index (χ1) is 9.45. The van der Waals surface area contributed by atoms with Crippen LogP contribution < -0.4 is 4.74 Å². The van der Waals surface area contributed by atoms with E-state index in [4.69, 9.17) is 16.3 Å². The van der Waals surface area contributed by atoms with Gasteiger partial charge < -0.3 is 9.64 Å². The van der Waals surface area contributed by atoms with Crippen LogP contribution in [0.15, 0.2) is 12.1 Å². The van der Waals surface area contributed by atoms with E-state index in [1.54, 1.807) is 11.9 Å². The molecule has 1 saturated heterocycles. The second-order valence-corrected chi connectivity index (χ2v) is 5.33. The Kier molecular flexibility index (Phi) is 4.50. The van der Waals surface area contributed by atoms with Gasteiger partial charge in [0.15, 0.2) is 0 Å². The van der Waals surface area contributed by atoms with Crippen molar-refractivity contribution >= 4 is 17.5 Å². The molecule has 6 heteroatoms. The number of methoxy groups -OCH3 is 1. The molecule has 4 nitrogen and oxygen atoms in total. The molecule has 1 atom stereocenters. The molecule has 0 aliphatic carbocycles. The first kappa shape index (κ1) is 15.1. The molecular formula is C14H18ClFN2O2. The van der Waals surface area contributed by atoms with Crippen molar-refractivity contribution in [1.29, 1.82) is 0 Å². The van der Waals surface area contributed by atoms with E-state index in [1.165, 1.54) is 19.2 Å². The van der Waals surface area contributed by atoms with Crippen LogP contribution in [-0.2, 0) is 11.3 Å². The van der Waals surface area contributed by atoms with Crippen LogP contribution in [0.5, 0.6) is 5.75 Å². The Morgan fingerprint density at radius 2 is 2.15 bits per heavy atom. The number of piperazine rings is 1. The number of amides is 1. The number of hydrogen-bond acceptors (Lipinski definition) is 3. The van der Waals surface area contributed by atoms with Crippen molar-refractivity contribution in [2.75, 3.05) is 27.2 Å². The highest BCUT2D eigenvalue weighted by molar-refractivity contribution is 6.32. The van der Waals surface area contributed by atoms with Gasteiger partial charge in [-0.15, -0.1) is 0 Å². The van der Waals surface area contributed by atoms with Crippen molar-refractivity contribution in [2.24, 2.45) is 0 Å². The van der Waals surface area contributed by atoms with Gasteiger partial charge in [-0.25, -0.2) is 4.39 Å². The molecule has 0 aromatic heterocycles. The lowest BCUT2D eigenvalue weighted by atomic mass is 10.1. The number of halogens is 2. The van der Waals surface area contributed by atoms with Gasteiger partial charge in [0.05, 0.1) is 18.2 Å². The first-order valence-electron chi connectivity index (χ1n) is 6.45. The third-order valence-corrected chi connectivity index (χ3v) is 4.15. The molecule has 1 aromatic rings. The van der Waals surface area contributed by atoms with Crippen molar-refractivity contribution in [3.63, 3.8) is 0 Å². The summed E-state index contributed by atoms with van der Waals surface area (Å²) in [5.74, 6) is 0.0984. The molecule has 1 fully saturated rings. The summed E-state index contributed by atoms with van der Waals surface area (Å²) in [7, 11) is 3.26. The Bertz CT molecular complexity index is 524. The highest BCUT2D eigenvalue weighted by atomic mass is 35.5. The number of carbonyl (C=O) groups excluding carboxylic acids is 1. The highest BCUT2D eigenvalue weighted by Crippen LogP contribution is 2.31. The van der Waals surface area contributed by atoms with Crippen LogP contribution >= 0.6 is 11.6 Å². The summed E-state index contributed by atoms with van der Waals surface area (Å²) in [5.41, 5.74) is 0.371. The summed E-state index contributed by atoms with van der Waals surface area (Å²) in [6, 6.07) is 2.55. The molecular weight excluding hydrogens is 283 g/mol. The van der Waals surface area contributed by atoms with Gasteiger partial charge in [-0.3, -0.25) is 9.69 Å². The van der Waals surface area contributed by atoms with Gasteiger partial charge in [-0.2, -0.15) is 0 Å². The SMILES string of the molecule is COc1ccc(F)c(CN2CCN(C)C(=O)[C@H]2C)c1Cl. The minimum atomic E-state index is -0.380. The van der Waals surface area contributed by atoms with E-state index in [1.807, 2.05) is 11.8 Å². The fraction of sp³-hybridized carbons (Fsp3) is 0.500. The van der Waals surface area contributed by atoms with E-state index in [9.17, 15) is 9.18 Å². The summed E-state index contributed by atoms with van der Waals surface area (Å²) in [4.78, 5) is 15.6. The van der Waals surface area contributed by atoms with Crippen molar-refractivity contribution < 1.29 is 13.9 Å². The third kappa shape index (κ3) is 2.74. The van der Waals surface area contributed by atoms with Crippen LogP contribution in [0.2, 0.25) is 5.02 Å². The average Bonchev–Trinajstić information content (AvgIpc) is 2.43. The molecule has 1 aromatic carbocycles. The van der Waals surface area contributed by atoms with Gasteiger partial charge in [0, 0.05) is 32.2 Å². The topological polar surface area (TPSA) is 32.8 Å². The van der Waals surface area contributed by atoms with Gasteiger partial charge in [0.2, 0.25) is 5.91 Å². The zero-order valence-electron chi connectivity index (χ0n) is 11.8. The number of rotatable bonds is 3. The molecule has 0 unspecified atom stereocenters. The molecule has 0 spiro atoms. The van der Waals surface area contributed by atoms with Crippen molar-refractivity contribution in [1.82, 2.24) is 9.80 Å².